The Kier molecular flexibility index (Phi) is 7.02. The Hall–Kier alpha value is -3.40. The zero-order chi connectivity index (χ0) is 21.5. The fraction of sp³-hybridized carbons (Fsp3) is 0.391. The molecule has 0 saturated heterocycles. The number of carbonyl (C=O) groups excluding carboxylic acids is 1. The number of hydrogen-bond acceptors (Lipinski definition) is 6. The van der Waals surface area contributed by atoms with E-state index in [0.29, 0.717) is 41.7 Å². The summed E-state index contributed by atoms with van der Waals surface area (Å²) in [4.78, 5) is 14.8. The van der Waals surface area contributed by atoms with Gasteiger partial charge in [-0.2, -0.15) is 5.26 Å². The predicted octanol–water partition coefficient (Wildman–Crippen LogP) is 3.54. The fourth-order valence-electron chi connectivity index (χ4n) is 3.16. The smallest absolute Gasteiger partial charge is 0.261 e. The molecule has 158 valence electrons. The maximum Gasteiger partial charge on any atom is 0.261 e. The van der Waals surface area contributed by atoms with Crippen LogP contribution >= 0.6 is 0 Å². The van der Waals surface area contributed by atoms with Crippen LogP contribution in [0.15, 0.2) is 36.4 Å². The minimum absolute atomic E-state index is 0.109. The quantitative estimate of drug-likeness (QED) is 0.596. The number of amides is 1. The van der Waals surface area contributed by atoms with Gasteiger partial charge in [0.15, 0.2) is 18.1 Å². The summed E-state index contributed by atoms with van der Waals surface area (Å²) in [7, 11) is 3.20. The first-order chi connectivity index (χ1) is 14.6. The van der Waals surface area contributed by atoms with Gasteiger partial charge in [-0.1, -0.05) is 0 Å². The second-order valence-electron chi connectivity index (χ2n) is 6.93. The number of benzene rings is 2. The molecule has 0 heterocycles. The normalized spacial score (nSPS) is 12.6. The molecule has 2 aromatic carbocycles. The second-order valence-corrected chi connectivity index (χ2v) is 6.93. The molecule has 0 atom stereocenters. The summed E-state index contributed by atoms with van der Waals surface area (Å²) in [6, 6.07) is 12.8. The molecular formula is C23H26N2O5. The molecule has 0 unspecified atom stereocenters. The lowest BCUT2D eigenvalue weighted by Crippen LogP contribution is -2.36. The zero-order valence-corrected chi connectivity index (χ0v) is 17.5. The SMILES string of the molecule is CCOc1cc(C#N)ccc1OCC(=O)N(Cc1ccc(OC)cc1OC)C1CC1. The van der Waals surface area contributed by atoms with Crippen molar-refractivity contribution >= 4 is 5.91 Å². The summed E-state index contributed by atoms with van der Waals surface area (Å²) in [5, 5.41) is 9.07. The zero-order valence-electron chi connectivity index (χ0n) is 17.5. The van der Waals surface area contributed by atoms with Crippen molar-refractivity contribution in [2.24, 2.45) is 0 Å². The van der Waals surface area contributed by atoms with E-state index < -0.39 is 0 Å². The van der Waals surface area contributed by atoms with Gasteiger partial charge in [0, 0.05) is 30.3 Å². The molecule has 1 aliphatic rings. The first kappa shape index (κ1) is 21.3. The summed E-state index contributed by atoms with van der Waals surface area (Å²) in [6.07, 6.45) is 1.95. The first-order valence-electron chi connectivity index (χ1n) is 9.89. The number of ether oxygens (including phenoxy) is 4. The molecular weight excluding hydrogens is 384 g/mol. The van der Waals surface area contributed by atoms with Crippen LogP contribution in [0.2, 0.25) is 0 Å². The Labute approximate surface area is 176 Å². The van der Waals surface area contributed by atoms with Crippen molar-refractivity contribution in [1.29, 1.82) is 5.26 Å². The second kappa shape index (κ2) is 9.88. The van der Waals surface area contributed by atoms with E-state index >= 15 is 0 Å². The third-order valence-electron chi connectivity index (χ3n) is 4.87. The van der Waals surface area contributed by atoms with Gasteiger partial charge in [0.05, 0.1) is 32.5 Å². The summed E-state index contributed by atoms with van der Waals surface area (Å²) in [5.74, 6) is 2.18. The van der Waals surface area contributed by atoms with Crippen LogP contribution in [-0.2, 0) is 11.3 Å². The van der Waals surface area contributed by atoms with Crippen molar-refractivity contribution in [3.05, 3.63) is 47.5 Å². The van der Waals surface area contributed by atoms with Crippen LogP contribution in [0.5, 0.6) is 23.0 Å². The predicted molar refractivity (Wildman–Crippen MR) is 111 cm³/mol. The third kappa shape index (κ3) is 5.15. The van der Waals surface area contributed by atoms with Gasteiger partial charge in [-0.05, 0) is 44.0 Å². The van der Waals surface area contributed by atoms with Crippen LogP contribution in [0, 0.1) is 11.3 Å². The van der Waals surface area contributed by atoms with E-state index in [0.717, 1.165) is 18.4 Å². The highest BCUT2D eigenvalue weighted by molar-refractivity contribution is 5.78. The Morgan fingerprint density at radius 2 is 1.87 bits per heavy atom. The number of rotatable bonds is 10. The summed E-state index contributed by atoms with van der Waals surface area (Å²) < 4.78 is 22.0. The lowest BCUT2D eigenvalue weighted by atomic mass is 10.1. The van der Waals surface area contributed by atoms with Crippen molar-refractivity contribution in [1.82, 2.24) is 4.90 Å². The number of methoxy groups -OCH3 is 2. The number of carbonyl (C=O) groups is 1. The monoisotopic (exact) mass is 410 g/mol. The summed E-state index contributed by atoms with van der Waals surface area (Å²) >= 11 is 0. The topological polar surface area (TPSA) is 81.0 Å². The molecule has 0 bridgehead atoms. The standard InChI is InChI=1S/C23H26N2O5/c1-4-29-22-11-16(13-24)5-10-20(22)30-15-23(26)25(18-7-8-18)14-17-6-9-19(27-2)12-21(17)28-3/h5-6,9-12,18H,4,7-8,14-15H2,1-3H3. The number of nitriles is 1. The molecule has 1 fully saturated rings. The van der Waals surface area contributed by atoms with Crippen LogP contribution in [0.25, 0.3) is 0 Å². The van der Waals surface area contributed by atoms with E-state index in [1.807, 2.05) is 30.0 Å². The lowest BCUT2D eigenvalue weighted by molar-refractivity contribution is -0.134. The molecule has 7 heteroatoms. The number of hydrogen-bond donors (Lipinski definition) is 0. The largest absolute Gasteiger partial charge is 0.497 e. The van der Waals surface area contributed by atoms with Gasteiger partial charge >= 0.3 is 0 Å². The lowest BCUT2D eigenvalue weighted by Gasteiger charge is -2.24. The van der Waals surface area contributed by atoms with Crippen molar-refractivity contribution in [2.45, 2.75) is 32.4 Å². The van der Waals surface area contributed by atoms with Gasteiger partial charge in [0.1, 0.15) is 11.5 Å². The van der Waals surface area contributed by atoms with Gasteiger partial charge < -0.3 is 23.8 Å². The van der Waals surface area contributed by atoms with Crippen LogP contribution in [0.1, 0.15) is 30.9 Å². The highest BCUT2D eigenvalue weighted by atomic mass is 16.5. The van der Waals surface area contributed by atoms with Crippen LogP contribution in [-0.4, -0.2) is 44.3 Å². The van der Waals surface area contributed by atoms with Crippen LogP contribution in [0.4, 0.5) is 0 Å². The number of nitrogens with zero attached hydrogens (tertiary/aromatic N) is 2. The molecule has 2 aromatic rings. The molecule has 1 aliphatic carbocycles. The molecule has 0 radical (unpaired) electrons. The average Bonchev–Trinajstić information content (AvgIpc) is 3.61. The van der Waals surface area contributed by atoms with Gasteiger partial charge in [-0.15, -0.1) is 0 Å². The molecule has 0 aromatic heterocycles. The van der Waals surface area contributed by atoms with Crippen molar-refractivity contribution in [3.8, 4) is 29.1 Å². The van der Waals surface area contributed by atoms with E-state index in [9.17, 15) is 4.79 Å². The van der Waals surface area contributed by atoms with Crippen LogP contribution < -0.4 is 18.9 Å². The highest BCUT2D eigenvalue weighted by Gasteiger charge is 2.33. The van der Waals surface area contributed by atoms with Crippen molar-refractivity contribution in [3.63, 3.8) is 0 Å². The highest BCUT2D eigenvalue weighted by Crippen LogP contribution is 2.33. The Morgan fingerprint density at radius 3 is 2.50 bits per heavy atom. The third-order valence-corrected chi connectivity index (χ3v) is 4.87. The molecule has 1 amide bonds. The fourth-order valence-corrected chi connectivity index (χ4v) is 3.16. The van der Waals surface area contributed by atoms with Gasteiger partial charge in [0.25, 0.3) is 5.91 Å². The van der Waals surface area contributed by atoms with Gasteiger partial charge in [-0.25, -0.2) is 0 Å². The molecule has 0 N–H and O–H groups in total. The summed E-state index contributed by atoms with van der Waals surface area (Å²) in [5.41, 5.74) is 1.38. The Balaban J connectivity index is 1.71. The molecule has 0 spiro atoms. The van der Waals surface area contributed by atoms with E-state index in [1.165, 1.54) is 0 Å². The van der Waals surface area contributed by atoms with E-state index in [-0.39, 0.29) is 18.6 Å². The maximum absolute atomic E-state index is 13.0. The Morgan fingerprint density at radius 1 is 1.07 bits per heavy atom. The molecule has 3 rings (SSSR count). The minimum atomic E-state index is -0.110. The van der Waals surface area contributed by atoms with Crippen LogP contribution in [0.3, 0.4) is 0 Å². The molecule has 0 aliphatic heterocycles. The van der Waals surface area contributed by atoms with Gasteiger partial charge in [0.2, 0.25) is 0 Å². The molecule has 1 saturated carbocycles. The molecule has 30 heavy (non-hydrogen) atoms. The van der Waals surface area contributed by atoms with E-state index in [4.69, 9.17) is 24.2 Å². The minimum Gasteiger partial charge on any atom is -0.497 e. The first-order valence-corrected chi connectivity index (χ1v) is 9.89. The summed E-state index contributed by atoms with van der Waals surface area (Å²) in [6.45, 7) is 2.61. The maximum atomic E-state index is 13.0. The van der Waals surface area contributed by atoms with E-state index in [1.54, 1.807) is 32.4 Å². The van der Waals surface area contributed by atoms with Crippen molar-refractivity contribution in [2.75, 3.05) is 27.4 Å². The van der Waals surface area contributed by atoms with Crippen molar-refractivity contribution < 1.29 is 23.7 Å². The average molecular weight is 410 g/mol. The Bertz CT molecular complexity index is 934. The molecule has 7 nitrogen and oxygen atoms in total. The van der Waals surface area contributed by atoms with Gasteiger partial charge in [-0.3, -0.25) is 4.79 Å². The van der Waals surface area contributed by atoms with E-state index in [2.05, 4.69) is 6.07 Å².